The Hall–Kier alpha value is -0.530. The predicted octanol–water partition coefficient (Wildman–Crippen LogP) is 5.21. The standard InChI is InChI=1S/C21H34O2/c1-4-13-7-16(5-2)19(12-13)20(22)23-21(3)17-8-14-6-15(10-17)11-18(21)9-14/h13-19H,4-12H2,1-3H3. The van der Waals surface area contributed by atoms with Gasteiger partial charge in [-0.2, -0.15) is 0 Å². The van der Waals surface area contributed by atoms with Crippen molar-refractivity contribution in [3.63, 3.8) is 0 Å². The van der Waals surface area contributed by atoms with Gasteiger partial charge in [0.2, 0.25) is 0 Å². The van der Waals surface area contributed by atoms with Crippen molar-refractivity contribution in [1.29, 1.82) is 0 Å². The number of hydrogen-bond acceptors (Lipinski definition) is 2. The van der Waals surface area contributed by atoms with Crippen molar-refractivity contribution in [3.05, 3.63) is 0 Å². The molecule has 130 valence electrons. The van der Waals surface area contributed by atoms with Gasteiger partial charge in [0.05, 0.1) is 5.92 Å². The number of carbonyl (C=O) groups is 1. The summed E-state index contributed by atoms with van der Waals surface area (Å²) in [5.41, 5.74) is -0.146. The number of hydrogen-bond donors (Lipinski definition) is 0. The summed E-state index contributed by atoms with van der Waals surface area (Å²) in [6, 6.07) is 0. The number of rotatable bonds is 4. The highest BCUT2D eigenvalue weighted by Gasteiger charge is 2.57. The Balaban J connectivity index is 1.48. The van der Waals surface area contributed by atoms with E-state index in [0.29, 0.717) is 17.8 Å². The molecule has 5 fully saturated rings. The van der Waals surface area contributed by atoms with Crippen LogP contribution in [0.3, 0.4) is 0 Å². The van der Waals surface area contributed by atoms with E-state index in [-0.39, 0.29) is 17.5 Å². The van der Waals surface area contributed by atoms with Crippen molar-refractivity contribution < 1.29 is 9.53 Å². The van der Waals surface area contributed by atoms with Gasteiger partial charge in [-0.25, -0.2) is 0 Å². The van der Waals surface area contributed by atoms with Gasteiger partial charge in [-0.05, 0) is 87.4 Å². The molecule has 3 unspecified atom stereocenters. The first kappa shape index (κ1) is 16.0. The first-order valence-corrected chi connectivity index (χ1v) is 10.3. The summed E-state index contributed by atoms with van der Waals surface area (Å²) in [6.45, 7) is 6.79. The van der Waals surface area contributed by atoms with Crippen LogP contribution in [0.4, 0.5) is 0 Å². The summed E-state index contributed by atoms with van der Waals surface area (Å²) >= 11 is 0. The molecule has 0 aromatic heterocycles. The summed E-state index contributed by atoms with van der Waals surface area (Å²) in [4.78, 5) is 13.1. The zero-order valence-corrected chi connectivity index (χ0v) is 15.2. The van der Waals surface area contributed by atoms with E-state index in [1.165, 1.54) is 44.9 Å². The second kappa shape index (κ2) is 5.77. The molecule has 0 aromatic carbocycles. The number of esters is 1. The molecule has 5 aliphatic rings. The van der Waals surface area contributed by atoms with Gasteiger partial charge in [0.15, 0.2) is 0 Å². The largest absolute Gasteiger partial charge is 0.459 e. The lowest BCUT2D eigenvalue weighted by molar-refractivity contribution is -0.208. The average Bonchev–Trinajstić information content (AvgIpc) is 2.96. The van der Waals surface area contributed by atoms with Gasteiger partial charge in [-0.1, -0.05) is 26.7 Å². The highest BCUT2D eigenvalue weighted by atomic mass is 16.6. The molecule has 0 amide bonds. The van der Waals surface area contributed by atoms with E-state index in [1.807, 2.05) is 0 Å². The van der Waals surface area contributed by atoms with E-state index in [9.17, 15) is 4.79 Å². The molecule has 0 aliphatic heterocycles. The summed E-state index contributed by atoms with van der Waals surface area (Å²) in [7, 11) is 0. The molecule has 0 saturated heterocycles. The van der Waals surface area contributed by atoms with Crippen molar-refractivity contribution >= 4 is 5.97 Å². The Bertz CT molecular complexity index is 440. The van der Waals surface area contributed by atoms with Crippen molar-refractivity contribution in [3.8, 4) is 0 Å². The van der Waals surface area contributed by atoms with Crippen LogP contribution < -0.4 is 0 Å². The molecule has 5 rings (SSSR count). The third kappa shape index (κ3) is 2.55. The molecule has 2 nitrogen and oxygen atoms in total. The maximum Gasteiger partial charge on any atom is 0.309 e. The zero-order chi connectivity index (χ0) is 16.2. The molecule has 0 spiro atoms. The molecule has 0 aromatic rings. The van der Waals surface area contributed by atoms with Crippen molar-refractivity contribution in [2.24, 2.45) is 41.4 Å². The topological polar surface area (TPSA) is 26.3 Å². The molecule has 4 bridgehead atoms. The van der Waals surface area contributed by atoms with Crippen LogP contribution in [0.1, 0.15) is 78.6 Å². The SMILES string of the molecule is CCC1CC(CC)C(C(=O)OC2(C)C3CC4CC(C3)CC2C4)C1. The minimum atomic E-state index is -0.146. The second-order valence-electron chi connectivity index (χ2n) is 9.43. The lowest BCUT2D eigenvalue weighted by Crippen LogP contribution is -2.58. The van der Waals surface area contributed by atoms with Crippen LogP contribution in [0.5, 0.6) is 0 Å². The van der Waals surface area contributed by atoms with E-state index in [0.717, 1.165) is 30.6 Å². The minimum absolute atomic E-state index is 0.146. The van der Waals surface area contributed by atoms with Gasteiger partial charge < -0.3 is 4.74 Å². The Morgan fingerprint density at radius 1 is 0.913 bits per heavy atom. The molecule has 23 heavy (non-hydrogen) atoms. The van der Waals surface area contributed by atoms with Crippen LogP contribution in [-0.4, -0.2) is 11.6 Å². The monoisotopic (exact) mass is 318 g/mol. The first-order chi connectivity index (χ1) is 11.0. The summed E-state index contributed by atoms with van der Waals surface area (Å²) < 4.78 is 6.38. The van der Waals surface area contributed by atoms with Crippen LogP contribution in [0.15, 0.2) is 0 Å². The molecular formula is C21H34O2. The highest BCUT2D eigenvalue weighted by molar-refractivity contribution is 5.74. The summed E-state index contributed by atoms with van der Waals surface area (Å²) in [5.74, 6) is 4.79. The van der Waals surface area contributed by atoms with E-state index in [4.69, 9.17) is 4.74 Å². The van der Waals surface area contributed by atoms with Crippen molar-refractivity contribution in [1.82, 2.24) is 0 Å². The fourth-order valence-corrected chi connectivity index (χ4v) is 6.89. The normalized spacial score (nSPS) is 51.2. The third-order valence-corrected chi connectivity index (χ3v) is 8.28. The van der Waals surface area contributed by atoms with Gasteiger partial charge >= 0.3 is 5.97 Å². The quantitative estimate of drug-likeness (QED) is 0.665. The Kier molecular flexibility index (Phi) is 4.01. The second-order valence-corrected chi connectivity index (χ2v) is 9.43. The van der Waals surface area contributed by atoms with Gasteiger partial charge in [0, 0.05) is 0 Å². The Morgan fingerprint density at radius 2 is 1.52 bits per heavy atom. The van der Waals surface area contributed by atoms with E-state index in [2.05, 4.69) is 20.8 Å². The average molecular weight is 319 g/mol. The maximum atomic E-state index is 13.1. The van der Waals surface area contributed by atoms with Gasteiger partial charge in [0.1, 0.15) is 5.60 Å². The van der Waals surface area contributed by atoms with E-state index >= 15 is 0 Å². The number of ether oxygens (including phenoxy) is 1. The molecule has 2 heteroatoms. The summed E-state index contributed by atoms with van der Waals surface area (Å²) in [5, 5.41) is 0. The Morgan fingerprint density at radius 3 is 2.04 bits per heavy atom. The molecule has 0 heterocycles. The molecule has 0 N–H and O–H groups in total. The Labute approximate surface area is 141 Å². The van der Waals surface area contributed by atoms with Gasteiger partial charge in [-0.15, -0.1) is 0 Å². The molecule has 0 radical (unpaired) electrons. The first-order valence-electron chi connectivity index (χ1n) is 10.3. The fourth-order valence-electron chi connectivity index (χ4n) is 6.89. The van der Waals surface area contributed by atoms with E-state index in [1.54, 1.807) is 0 Å². The van der Waals surface area contributed by atoms with Crippen LogP contribution in [0.25, 0.3) is 0 Å². The zero-order valence-electron chi connectivity index (χ0n) is 15.2. The maximum absolute atomic E-state index is 13.1. The van der Waals surface area contributed by atoms with Crippen LogP contribution in [0, 0.1) is 41.4 Å². The van der Waals surface area contributed by atoms with Crippen LogP contribution in [0.2, 0.25) is 0 Å². The van der Waals surface area contributed by atoms with E-state index < -0.39 is 0 Å². The van der Waals surface area contributed by atoms with Crippen molar-refractivity contribution in [2.75, 3.05) is 0 Å². The summed E-state index contributed by atoms with van der Waals surface area (Å²) in [6.07, 6.45) is 11.4. The van der Waals surface area contributed by atoms with Gasteiger partial charge in [-0.3, -0.25) is 4.79 Å². The molecule has 5 saturated carbocycles. The van der Waals surface area contributed by atoms with Crippen LogP contribution >= 0.6 is 0 Å². The minimum Gasteiger partial charge on any atom is -0.459 e. The number of carbonyl (C=O) groups excluding carboxylic acids is 1. The molecular weight excluding hydrogens is 284 g/mol. The van der Waals surface area contributed by atoms with Gasteiger partial charge in [0.25, 0.3) is 0 Å². The third-order valence-electron chi connectivity index (χ3n) is 8.28. The lowest BCUT2D eigenvalue weighted by atomic mass is 9.50. The van der Waals surface area contributed by atoms with Crippen LogP contribution in [-0.2, 0) is 9.53 Å². The highest BCUT2D eigenvalue weighted by Crippen LogP contribution is 2.59. The lowest BCUT2D eigenvalue weighted by Gasteiger charge is -2.59. The predicted molar refractivity (Wildman–Crippen MR) is 91.8 cm³/mol. The van der Waals surface area contributed by atoms with Crippen molar-refractivity contribution in [2.45, 2.75) is 84.2 Å². The smallest absolute Gasteiger partial charge is 0.309 e. The fraction of sp³-hybridized carbons (Fsp3) is 0.952. The molecule has 5 aliphatic carbocycles. The molecule has 3 atom stereocenters.